The monoisotopic (exact) mass is 1210 g/mol. The van der Waals surface area contributed by atoms with Gasteiger partial charge in [-0.2, -0.15) is 8.42 Å². The maximum absolute atomic E-state index is 14.7. The van der Waals surface area contributed by atoms with Crippen LogP contribution in [0, 0.1) is 33.5 Å². The highest BCUT2D eigenvalue weighted by Gasteiger charge is 2.87. The first-order chi connectivity index (χ1) is 38.8. The molecule has 9 rings (SSSR count). The number of hydrogen-bond donors (Lipinski definition) is 11. The molecule has 11 N–H and O–H groups in total. The van der Waals surface area contributed by atoms with Gasteiger partial charge in [-0.1, -0.05) is 57.1 Å². The summed E-state index contributed by atoms with van der Waals surface area (Å²) in [5.74, 6) is -1.41. The molecule has 5 saturated heterocycles. The molecule has 28 heteroatoms. The Hall–Kier alpha value is -2.73. The molecule has 27 atom stereocenters. The number of rotatable bonds is 16. The second-order valence-electron chi connectivity index (χ2n) is 25.4. The molecule has 0 amide bonds. The molecule has 0 radical (unpaired) electrons. The first kappa shape index (κ1) is 64.7. The molecule has 0 aromatic heterocycles. The topological polar surface area (TPSA) is 402 Å². The van der Waals surface area contributed by atoms with Crippen molar-refractivity contribution in [2.75, 3.05) is 33.5 Å². The van der Waals surface area contributed by atoms with E-state index in [9.17, 15) is 73.6 Å². The summed E-state index contributed by atoms with van der Waals surface area (Å²) in [7, 11) is -4.03. The molecule has 0 unspecified atom stereocenters. The predicted octanol–water partition coefficient (Wildman–Crippen LogP) is -1.52. The van der Waals surface area contributed by atoms with Crippen LogP contribution in [-0.2, 0) is 76.3 Å². The number of esters is 2. The molecule has 3 saturated carbocycles. The Morgan fingerprint density at radius 1 is 0.735 bits per heavy atom. The van der Waals surface area contributed by atoms with Gasteiger partial charge < -0.3 is 103 Å². The maximum atomic E-state index is 14.7. The number of allylic oxidation sites excluding steroid dienone is 5. The Morgan fingerprint density at radius 3 is 2.00 bits per heavy atom. The van der Waals surface area contributed by atoms with E-state index in [4.69, 9.17) is 56.3 Å². The fourth-order valence-electron chi connectivity index (χ4n) is 15.9. The van der Waals surface area contributed by atoms with Crippen molar-refractivity contribution in [1.82, 2.24) is 0 Å². The lowest BCUT2D eigenvalue weighted by Gasteiger charge is -2.64. The Morgan fingerprint density at radius 2 is 1.36 bits per heavy atom. The highest BCUT2D eigenvalue weighted by molar-refractivity contribution is 7.80. The van der Waals surface area contributed by atoms with Crippen LogP contribution in [0.4, 0.5) is 0 Å². The minimum Gasteiger partial charge on any atom is -0.459 e. The minimum absolute atomic E-state index is 0.121. The standard InChI is InChI=1S/C55H84O27S/c1-24(2)11-10-16-53(8)55(67)34(74-25(3)58)19-52(7)27-12-13-32-50(4,5)33(15-17-51(32,6)26(27)14-18-54(52,55)49(66)81-53)77-48-44(36(61)31(23-73-48)82-83(68,69)70)80-46-38(63)37(62)42(30(21-57)76-46)79-45-39(64)41(28(59)22-72-45)78-47-40(65)43(71-9)35(60)29(20-56)75-47/h10-12,16,26,28-48,56-57,59-65,67H,13-15,17-23H2,1-9H3,(H,68,69,70)/b16-10-/t26-,28+,29+,30+,31+,32-,33-,34-,35+,36-,37-,38+,39+,40+,41-,42-,43-,44+,45-,46-,47-,48-,51+,52-,53-,54+,55-/m0/s1. The molecule has 1 spiro atoms. The van der Waals surface area contributed by atoms with Gasteiger partial charge in [0.15, 0.2) is 36.4 Å². The minimum atomic E-state index is -5.22. The van der Waals surface area contributed by atoms with E-state index < -0.39 is 204 Å². The predicted molar refractivity (Wildman–Crippen MR) is 278 cm³/mol. The molecule has 472 valence electrons. The van der Waals surface area contributed by atoms with E-state index in [-0.39, 0.29) is 24.7 Å². The number of cyclic esters (lactones) is 1. The molecule has 4 aliphatic carbocycles. The van der Waals surface area contributed by atoms with Crippen molar-refractivity contribution in [3.8, 4) is 0 Å². The van der Waals surface area contributed by atoms with Crippen LogP contribution in [0.2, 0.25) is 0 Å². The van der Waals surface area contributed by atoms with Crippen LogP contribution in [0.25, 0.3) is 0 Å². The largest absolute Gasteiger partial charge is 0.459 e. The van der Waals surface area contributed by atoms with Crippen LogP contribution in [0.5, 0.6) is 0 Å². The third-order valence-corrected chi connectivity index (χ3v) is 20.5. The third-order valence-electron chi connectivity index (χ3n) is 20.0. The van der Waals surface area contributed by atoms with Crippen molar-refractivity contribution in [3.05, 3.63) is 35.5 Å². The number of methoxy groups -OCH3 is 1. The van der Waals surface area contributed by atoms with E-state index in [1.165, 1.54) is 14.0 Å². The smallest absolute Gasteiger partial charge is 0.397 e. The van der Waals surface area contributed by atoms with Gasteiger partial charge in [0.2, 0.25) is 0 Å². The number of hydrogen-bond acceptors (Lipinski definition) is 26. The zero-order valence-electron chi connectivity index (χ0n) is 47.9. The van der Waals surface area contributed by atoms with E-state index >= 15 is 0 Å². The van der Waals surface area contributed by atoms with Gasteiger partial charge in [-0.15, -0.1) is 0 Å². The molecule has 83 heavy (non-hydrogen) atoms. The summed E-state index contributed by atoms with van der Waals surface area (Å²) in [6.45, 7) is 12.1. The van der Waals surface area contributed by atoms with E-state index in [2.05, 4.69) is 13.0 Å². The van der Waals surface area contributed by atoms with Gasteiger partial charge in [0.05, 0.1) is 32.5 Å². The Kier molecular flexibility index (Phi) is 18.5. The molecule has 5 aliphatic heterocycles. The van der Waals surface area contributed by atoms with Crippen molar-refractivity contribution in [1.29, 1.82) is 0 Å². The van der Waals surface area contributed by atoms with Gasteiger partial charge in [0.25, 0.3) is 0 Å². The van der Waals surface area contributed by atoms with E-state index in [1.54, 1.807) is 19.1 Å². The molecule has 27 nitrogen and oxygen atoms in total. The van der Waals surface area contributed by atoms with Gasteiger partial charge in [-0.05, 0) is 88.0 Å². The fourth-order valence-corrected chi connectivity index (χ4v) is 16.4. The van der Waals surface area contributed by atoms with Crippen LogP contribution in [0.1, 0.15) is 93.9 Å². The molecule has 5 heterocycles. The summed E-state index contributed by atoms with van der Waals surface area (Å²) in [5.41, 5.74) is -5.20. The van der Waals surface area contributed by atoms with Crippen LogP contribution in [0.3, 0.4) is 0 Å². The summed E-state index contributed by atoms with van der Waals surface area (Å²) in [4.78, 5) is 27.5. The molecular formula is C55H84O27S. The third kappa shape index (κ3) is 10.8. The van der Waals surface area contributed by atoms with Crippen molar-refractivity contribution < 1.29 is 130 Å². The zero-order chi connectivity index (χ0) is 60.9. The Balaban J connectivity index is 0.929. The summed E-state index contributed by atoms with van der Waals surface area (Å²) in [5, 5.41) is 112. The van der Waals surface area contributed by atoms with Crippen LogP contribution in [-0.4, -0.2) is 244 Å². The van der Waals surface area contributed by atoms with Crippen molar-refractivity contribution in [2.45, 2.75) is 228 Å². The Labute approximate surface area is 481 Å². The molecule has 0 bridgehead atoms. The summed E-state index contributed by atoms with van der Waals surface area (Å²) in [6.07, 6.45) is -23.2. The first-order valence-electron chi connectivity index (χ1n) is 28.3. The van der Waals surface area contributed by atoms with E-state index in [1.807, 2.05) is 40.7 Å². The van der Waals surface area contributed by atoms with Gasteiger partial charge in [-0.3, -0.25) is 14.1 Å². The number of fused-ring (bicyclic) bond motifs is 4. The summed E-state index contributed by atoms with van der Waals surface area (Å²) in [6, 6.07) is 0. The van der Waals surface area contributed by atoms with E-state index in [0.717, 1.165) is 11.1 Å². The van der Waals surface area contributed by atoms with Crippen molar-refractivity contribution >= 4 is 22.3 Å². The lowest BCUT2D eigenvalue weighted by Crippen LogP contribution is -2.66. The molecule has 0 aromatic carbocycles. The summed E-state index contributed by atoms with van der Waals surface area (Å²) >= 11 is 0. The highest BCUT2D eigenvalue weighted by Crippen LogP contribution is 2.77. The summed E-state index contributed by atoms with van der Waals surface area (Å²) < 4.78 is 103. The second kappa shape index (κ2) is 23.7. The number of ether oxygens (including phenoxy) is 11. The van der Waals surface area contributed by atoms with Gasteiger partial charge >= 0.3 is 22.3 Å². The number of aliphatic hydroxyl groups excluding tert-OH is 9. The second-order valence-corrected chi connectivity index (χ2v) is 26.4. The molecule has 8 fully saturated rings. The lowest BCUT2D eigenvalue weighted by atomic mass is 9.40. The normalized spacial score (nSPS) is 49.6. The Bertz CT molecular complexity index is 2580. The van der Waals surface area contributed by atoms with E-state index in [0.29, 0.717) is 25.7 Å². The highest BCUT2D eigenvalue weighted by atomic mass is 32.3. The van der Waals surface area contributed by atoms with Gasteiger partial charge in [0, 0.05) is 19.4 Å². The average molecular weight is 1210 g/mol. The number of carbonyl (C=O) groups excluding carboxylic acids is 2. The lowest BCUT2D eigenvalue weighted by molar-refractivity contribution is -0.385. The average Bonchev–Trinajstić information content (AvgIpc) is 1.58. The molecule has 0 aromatic rings. The van der Waals surface area contributed by atoms with Gasteiger partial charge in [-0.25, -0.2) is 4.18 Å². The molecular weight excluding hydrogens is 1120 g/mol. The van der Waals surface area contributed by atoms with Crippen LogP contribution >= 0.6 is 0 Å². The number of aliphatic hydroxyl groups is 10. The van der Waals surface area contributed by atoms with Gasteiger partial charge in [0.1, 0.15) is 97.0 Å². The first-order valence-corrected chi connectivity index (χ1v) is 29.6. The quantitative estimate of drug-likeness (QED) is 0.0362. The van der Waals surface area contributed by atoms with Crippen molar-refractivity contribution in [2.24, 2.45) is 33.5 Å². The fraction of sp³-hybridized carbons (Fsp3) is 0.855. The molecule has 9 aliphatic rings. The van der Waals surface area contributed by atoms with Crippen LogP contribution < -0.4 is 0 Å². The van der Waals surface area contributed by atoms with Crippen LogP contribution in [0.15, 0.2) is 35.5 Å². The number of carbonyl (C=O) groups is 2. The maximum Gasteiger partial charge on any atom is 0.397 e. The van der Waals surface area contributed by atoms with Crippen molar-refractivity contribution in [3.63, 3.8) is 0 Å². The SMILES string of the molecule is CO[C@@H]1[C@@H](O)[C@H](O[C@@H]2[C@@H](O)[C@H](O[C@@H]3[C@@H](O)[C@@H](O)[C@H](O[C@H]4[C@H](O[C@H]5CC[C@]6(C)[C@H]7CC[C@]89C(=O)O[C@@](C)(/C=C\C=C(C)C)[C@@]8(O)[C@@H](OC(C)=O)C[C@@]9(C)C7=CC[C@H]6C5(C)C)OC[C@@H](OS(=O)(=O)O)[C@@H]4O)O[C@@H]3CO)OC[C@H]2O)O[C@H](CO)[C@H]1O. The zero-order valence-corrected chi connectivity index (χ0v) is 48.8.